The Morgan fingerprint density at radius 2 is 1.47 bits per heavy atom. The Hall–Kier alpha value is -3.27. The number of hydrogen-bond acceptors (Lipinski definition) is 3. The molecule has 3 aliphatic rings. The summed E-state index contributed by atoms with van der Waals surface area (Å²) in [6.07, 6.45) is 2.89. The third kappa shape index (κ3) is 4.28. The number of ketones is 1. The second-order valence-electron chi connectivity index (χ2n) is 11.8. The fourth-order valence-corrected chi connectivity index (χ4v) is 7.65. The summed E-state index contributed by atoms with van der Waals surface area (Å²) >= 11 is 0. The zero-order valence-electron chi connectivity index (χ0n) is 22.1. The van der Waals surface area contributed by atoms with Crippen LogP contribution in [-0.4, -0.2) is 48.3 Å². The minimum atomic E-state index is 0.0685. The normalized spacial score (nSPS) is 23.3. The molecule has 1 aliphatic carbocycles. The molecule has 2 atom stereocenters. The van der Waals surface area contributed by atoms with Crippen molar-refractivity contribution in [1.29, 1.82) is 0 Å². The van der Waals surface area contributed by atoms with Crippen LogP contribution in [0.3, 0.4) is 0 Å². The van der Waals surface area contributed by atoms with Crippen LogP contribution in [-0.2, 0) is 12.0 Å². The van der Waals surface area contributed by atoms with Gasteiger partial charge in [-0.2, -0.15) is 0 Å². The fraction of sp³-hybridized carbons (Fsp3) is 0.343. The number of carbonyl (C=O) groups is 1. The summed E-state index contributed by atoms with van der Waals surface area (Å²) in [5, 5.41) is 2.71. The summed E-state index contributed by atoms with van der Waals surface area (Å²) < 4.78 is 0. The maximum Gasteiger partial charge on any atom is 0.164 e. The van der Waals surface area contributed by atoms with Gasteiger partial charge in [-0.05, 0) is 59.3 Å². The summed E-state index contributed by atoms with van der Waals surface area (Å²) in [4.78, 5) is 18.1. The van der Waals surface area contributed by atoms with E-state index in [0.717, 1.165) is 57.7 Å². The van der Waals surface area contributed by atoms with Gasteiger partial charge in [0.25, 0.3) is 0 Å². The lowest BCUT2D eigenvalue weighted by molar-refractivity contribution is 0.0922. The van der Waals surface area contributed by atoms with Crippen molar-refractivity contribution in [2.75, 3.05) is 32.7 Å². The van der Waals surface area contributed by atoms with E-state index in [1.807, 2.05) is 12.1 Å². The molecule has 2 heterocycles. The topological polar surface area (TPSA) is 23.6 Å². The van der Waals surface area contributed by atoms with Gasteiger partial charge in [-0.3, -0.25) is 9.69 Å². The number of nitrogens with zero attached hydrogens (tertiary/aromatic N) is 2. The predicted molar refractivity (Wildman–Crippen MR) is 155 cm³/mol. The van der Waals surface area contributed by atoms with Crippen LogP contribution in [0.15, 0.2) is 97.1 Å². The fourth-order valence-electron chi connectivity index (χ4n) is 7.65. The van der Waals surface area contributed by atoms with Gasteiger partial charge in [0.2, 0.25) is 0 Å². The molecule has 0 saturated carbocycles. The molecule has 4 aromatic carbocycles. The lowest BCUT2D eigenvalue weighted by Crippen LogP contribution is -2.44. The molecule has 2 aliphatic heterocycles. The molecule has 1 spiro atoms. The quantitative estimate of drug-likeness (QED) is 0.306. The minimum Gasteiger partial charge on any atom is -0.303 e. The number of rotatable bonds is 5. The van der Waals surface area contributed by atoms with Gasteiger partial charge in [-0.25, -0.2) is 0 Å². The van der Waals surface area contributed by atoms with Crippen molar-refractivity contribution in [2.45, 2.75) is 37.1 Å². The van der Waals surface area contributed by atoms with E-state index in [2.05, 4.69) is 94.7 Å². The number of hydrogen-bond donors (Lipinski definition) is 0. The molecule has 0 amide bonds. The van der Waals surface area contributed by atoms with E-state index in [9.17, 15) is 4.79 Å². The first kappa shape index (κ1) is 23.8. The van der Waals surface area contributed by atoms with Crippen LogP contribution in [0.5, 0.6) is 0 Å². The van der Waals surface area contributed by atoms with E-state index in [4.69, 9.17) is 0 Å². The number of likely N-dealkylation sites (tertiary alicyclic amines) is 2. The standard InChI is InChI=1S/C35H36N2O/c38-34-21-35(33-16-7-6-15-31(33)34)17-19-36(20-18-35)23-29-24-37(25-32(29)27-9-2-1-3-10-27)22-28-13-8-12-26-11-4-5-14-30(26)28/h1-16,29,32H,17-25H2. The Morgan fingerprint density at radius 1 is 0.737 bits per heavy atom. The van der Waals surface area contributed by atoms with Crippen molar-refractivity contribution in [1.82, 2.24) is 9.80 Å². The molecule has 0 aromatic heterocycles. The van der Waals surface area contributed by atoms with Gasteiger partial charge in [0, 0.05) is 49.5 Å². The van der Waals surface area contributed by atoms with E-state index in [0.29, 0.717) is 24.0 Å². The molecule has 7 rings (SSSR count). The van der Waals surface area contributed by atoms with Gasteiger partial charge in [0.05, 0.1) is 0 Å². The number of benzene rings is 4. The van der Waals surface area contributed by atoms with Gasteiger partial charge in [-0.1, -0.05) is 97.1 Å². The van der Waals surface area contributed by atoms with Gasteiger partial charge in [0.1, 0.15) is 0 Å². The molecule has 38 heavy (non-hydrogen) atoms. The lowest BCUT2D eigenvalue weighted by Gasteiger charge is -2.41. The first-order valence-electron chi connectivity index (χ1n) is 14.3. The maximum absolute atomic E-state index is 12.7. The van der Waals surface area contributed by atoms with E-state index in [-0.39, 0.29) is 5.41 Å². The molecule has 0 N–H and O–H groups in total. The average molecular weight is 501 g/mol. The molecular weight excluding hydrogens is 464 g/mol. The highest BCUT2D eigenvalue weighted by Crippen LogP contribution is 2.46. The second kappa shape index (κ2) is 9.80. The lowest BCUT2D eigenvalue weighted by atomic mass is 9.73. The molecule has 0 bridgehead atoms. The van der Waals surface area contributed by atoms with Crippen molar-refractivity contribution in [2.24, 2.45) is 5.92 Å². The highest BCUT2D eigenvalue weighted by Gasteiger charge is 2.45. The van der Waals surface area contributed by atoms with Crippen LogP contribution in [0.2, 0.25) is 0 Å². The predicted octanol–water partition coefficient (Wildman–Crippen LogP) is 6.68. The van der Waals surface area contributed by atoms with Crippen molar-refractivity contribution >= 4 is 16.6 Å². The monoisotopic (exact) mass is 500 g/mol. The van der Waals surface area contributed by atoms with E-state index in [1.54, 1.807) is 0 Å². The Kier molecular flexibility index (Phi) is 6.14. The first-order valence-corrected chi connectivity index (χ1v) is 14.3. The zero-order chi connectivity index (χ0) is 25.5. The highest BCUT2D eigenvalue weighted by atomic mass is 16.1. The number of piperidine rings is 1. The SMILES string of the molecule is O=C1CC2(CCN(CC3CN(Cc4cccc5ccccc45)CC3c3ccccc3)CC2)c2ccccc21. The van der Waals surface area contributed by atoms with Gasteiger partial charge in [-0.15, -0.1) is 0 Å². The molecular formula is C35H36N2O. The molecule has 4 aromatic rings. The molecule has 2 unspecified atom stereocenters. The molecule has 3 nitrogen and oxygen atoms in total. The van der Waals surface area contributed by atoms with Crippen LogP contribution >= 0.6 is 0 Å². The maximum atomic E-state index is 12.7. The highest BCUT2D eigenvalue weighted by molar-refractivity contribution is 6.02. The number of carbonyl (C=O) groups excluding carboxylic acids is 1. The first-order chi connectivity index (χ1) is 18.7. The van der Waals surface area contributed by atoms with E-state index < -0.39 is 0 Å². The second-order valence-corrected chi connectivity index (χ2v) is 11.8. The van der Waals surface area contributed by atoms with Gasteiger partial charge >= 0.3 is 0 Å². The van der Waals surface area contributed by atoms with Crippen molar-refractivity contribution in [3.05, 3.63) is 119 Å². The van der Waals surface area contributed by atoms with Crippen LogP contribution < -0.4 is 0 Å². The summed E-state index contributed by atoms with van der Waals surface area (Å²) in [5.74, 6) is 1.51. The van der Waals surface area contributed by atoms with Crippen LogP contribution in [0.1, 0.15) is 52.2 Å². The molecule has 0 radical (unpaired) electrons. The Bertz CT molecular complexity index is 1450. The molecule has 2 saturated heterocycles. The van der Waals surface area contributed by atoms with Crippen LogP contribution in [0.25, 0.3) is 10.8 Å². The van der Waals surface area contributed by atoms with Crippen LogP contribution in [0.4, 0.5) is 0 Å². The van der Waals surface area contributed by atoms with Crippen molar-refractivity contribution < 1.29 is 4.79 Å². The average Bonchev–Trinajstić information content (AvgIpc) is 3.48. The largest absolute Gasteiger partial charge is 0.303 e. The summed E-state index contributed by atoms with van der Waals surface area (Å²) in [6, 6.07) is 35.0. The van der Waals surface area contributed by atoms with Crippen molar-refractivity contribution in [3.63, 3.8) is 0 Å². The Labute approximate surface area is 226 Å². The van der Waals surface area contributed by atoms with Crippen LogP contribution in [0, 0.1) is 5.92 Å². The zero-order valence-corrected chi connectivity index (χ0v) is 22.1. The molecule has 3 heteroatoms. The van der Waals surface area contributed by atoms with Crippen molar-refractivity contribution in [3.8, 4) is 0 Å². The minimum absolute atomic E-state index is 0.0685. The molecule has 192 valence electrons. The van der Waals surface area contributed by atoms with E-state index in [1.165, 1.54) is 27.5 Å². The molecule has 2 fully saturated rings. The third-order valence-electron chi connectivity index (χ3n) is 9.62. The number of Topliss-reactive ketones (excluding diaryl/α,β-unsaturated/α-hetero) is 1. The number of fused-ring (bicyclic) bond motifs is 3. The van der Waals surface area contributed by atoms with Gasteiger partial charge in [0.15, 0.2) is 5.78 Å². The Morgan fingerprint density at radius 3 is 2.34 bits per heavy atom. The van der Waals surface area contributed by atoms with E-state index >= 15 is 0 Å². The summed E-state index contributed by atoms with van der Waals surface area (Å²) in [6.45, 7) is 6.55. The summed E-state index contributed by atoms with van der Waals surface area (Å²) in [7, 11) is 0. The third-order valence-corrected chi connectivity index (χ3v) is 9.62. The smallest absolute Gasteiger partial charge is 0.164 e. The summed E-state index contributed by atoms with van der Waals surface area (Å²) in [5.41, 5.74) is 5.26. The van der Waals surface area contributed by atoms with Gasteiger partial charge < -0.3 is 4.90 Å². The Balaban J connectivity index is 1.08.